The molecule has 14 atom stereocenters. The number of aliphatic hydroxyl groups excluding tert-OH is 2. The number of carboxylic acid groups (broad SMARTS) is 1. The minimum Gasteiger partial charge on any atom is -0.480 e. The minimum atomic E-state index is -2.38. The molecule has 1 aliphatic carbocycles. The van der Waals surface area contributed by atoms with E-state index in [1.54, 1.807) is 47.1 Å². The number of hydrogen-bond acceptors (Lipinski definition) is 12. The van der Waals surface area contributed by atoms with E-state index in [1.165, 1.54) is 7.11 Å². The largest absolute Gasteiger partial charge is 0.480 e. The molecule has 0 spiro atoms. The van der Waals surface area contributed by atoms with Gasteiger partial charge in [0.15, 0.2) is 11.6 Å². The predicted molar refractivity (Wildman–Crippen MR) is 247 cm³/mol. The normalized spacial score (nSPS) is 29.3. The molecule has 0 aromatic rings. The molecule has 3 rings (SSSR count). The van der Waals surface area contributed by atoms with Crippen molar-refractivity contribution in [1.82, 2.24) is 4.90 Å². The van der Waals surface area contributed by atoms with Gasteiger partial charge < -0.3 is 44.3 Å². The van der Waals surface area contributed by atoms with Crippen LogP contribution in [0.4, 0.5) is 0 Å². The first kappa shape index (κ1) is 55.7. The Morgan fingerprint density at radius 3 is 2.22 bits per heavy atom. The van der Waals surface area contributed by atoms with Crippen LogP contribution in [-0.2, 0) is 42.9 Å². The Morgan fingerprint density at radius 1 is 0.862 bits per heavy atom. The number of carbonyl (C=O) groups is 5. The van der Waals surface area contributed by atoms with Gasteiger partial charge in [0.1, 0.15) is 18.2 Å². The molecular formula is C51H79NO13. The van der Waals surface area contributed by atoms with Gasteiger partial charge in [-0.05, 0) is 113 Å². The number of amides is 1. The summed E-state index contributed by atoms with van der Waals surface area (Å²) in [5, 5.41) is 42.4. The Bertz CT molecular complexity index is 1750. The number of nitrogens with zero attached hydrogens (tertiary/aromatic N) is 1. The quantitative estimate of drug-likeness (QED) is 0.0353. The molecule has 2 aliphatic heterocycles. The molecule has 2 saturated heterocycles. The second-order valence-electron chi connectivity index (χ2n) is 19.0. The number of carboxylic acids is 1. The van der Waals surface area contributed by atoms with Crippen molar-refractivity contribution in [2.24, 2.45) is 35.5 Å². The van der Waals surface area contributed by atoms with Gasteiger partial charge in [0, 0.05) is 52.0 Å². The summed E-state index contributed by atoms with van der Waals surface area (Å²) in [4.78, 5) is 66.1. The van der Waals surface area contributed by atoms with Crippen LogP contribution in [0.15, 0.2) is 59.8 Å². The zero-order valence-electron chi connectivity index (χ0n) is 40.5. The van der Waals surface area contributed by atoms with Crippen LogP contribution in [0.3, 0.4) is 0 Å². The van der Waals surface area contributed by atoms with E-state index in [1.807, 2.05) is 57.2 Å². The van der Waals surface area contributed by atoms with Crippen LogP contribution in [0, 0.1) is 35.5 Å². The van der Waals surface area contributed by atoms with E-state index >= 15 is 0 Å². The van der Waals surface area contributed by atoms with Gasteiger partial charge in [0.05, 0.1) is 24.4 Å². The van der Waals surface area contributed by atoms with Crippen LogP contribution < -0.4 is 0 Å². The fourth-order valence-electron chi connectivity index (χ4n) is 9.48. The van der Waals surface area contributed by atoms with E-state index in [4.69, 9.17) is 18.9 Å². The van der Waals surface area contributed by atoms with Gasteiger partial charge in [-0.1, -0.05) is 77.2 Å². The monoisotopic (exact) mass is 914 g/mol. The van der Waals surface area contributed by atoms with Crippen molar-refractivity contribution in [3.8, 4) is 0 Å². The van der Waals surface area contributed by atoms with Crippen molar-refractivity contribution in [2.45, 2.75) is 168 Å². The molecule has 3 fully saturated rings. The maximum Gasteiger partial charge on any atom is 0.326 e. The van der Waals surface area contributed by atoms with Gasteiger partial charge in [-0.3, -0.25) is 19.2 Å². The van der Waals surface area contributed by atoms with Crippen LogP contribution in [-0.4, -0.2) is 131 Å². The average Bonchev–Trinajstić information content (AvgIpc) is 3.28. The summed E-state index contributed by atoms with van der Waals surface area (Å²) in [6, 6.07) is -1.12. The lowest BCUT2D eigenvalue weighted by Gasteiger charge is -2.42. The Hall–Kier alpha value is -3.63. The Morgan fingerprint density at radius 2 is 1.57 bits per heavy atom. The van der Waals surface area contributed by atoms with Crippen molar-refractivity contribution in [3.63, 3.8) is 0 Å². The number of aliphatic hydroxyl groups is 3. The molecule has 65 heavy (non-hydrogen) atoms. The van der Waals surface area contributed by atoms with E-state index < -0.39 is 77.8 Å². The van der Waals surface area contributed by atoms with Crippen molar-refractivity contribution < 1.29 is 63.3 Å². The Labute approximate surface area is 387 Å². The highest BCUT2D eigenvalue weighted by Crippen LogP contribution is 2.37. The van der Waals surface area contributed by atoms with Crippen LogP contribution in [0.5, 0.6) is 0 Å². The van der Waals surface area contributed by atoms with Crippen molar-refractivity contribution in [1.29, 1.82) is 0 Å². The highest BCUT2D eigenvalue weighted by atomic mass is 16.6. The number of methoxy groups -OCH3 is 3. The third-order valence-corrected chi connectivity index (χ3v) is 13.7. The molecule has 0 unspecified atom stereocenters. The molecule has 1 amide bonds. The zero-order valence-corrected chi connectivity index (χ0v) is 40.5. The van der Waals surface area contributed by atoms with Gasteiger partial charge >= 0.3 is 5.97 Å². The molecule has 14 nitrogen and oxygen atoms in total. The fourth-order valence-corrected chi connectivity index (χ4v) is 9.48. The first-order chi connectivity index (χ1) is 30.7. The number of aliphatic carboxylic acids is 1. The zero-order chi connectivity index (χ0) is 48.6. The van der Waals surface area contributed by atoms with E-state index in [-0.39, 0.29) is 42.5 Å². The third-order valence-electron chi connectivity index (χ3n) is 13.7. The molecule has 0 radical (unpaired) electrons. The highest BCUT2D eigenvalue weighted by Gasteiger charge is 2.52. The Balaban J connectivity index is 1.51. The predicted octanol–water partition coefficient (Wildman–Crippen LogP) is 6.51. The smallest absolute Gasteiger partial charge is 0.326 e. The average molecular weight is 914 g/mol. The number of likely N-dealkylation sites (tertiary alicyclic amines) is 1. The summed E-state index contributed by atoms with van der Waals surface area (Å²) in [7, 11) is 4.58. The molecule has 3 aliphatic rings. The van der Waals surface area contributed by atoms with Gasteiger partial charge in [-0.15, -0.1) is 0 Å². The lowest BCUT2D eigenvalue weighted by molar-refractivity contribution is -0.265. The summed E-state index contributed by atoms with van der Waals surface area (Å²) < 4.78 is 22.7. The summed E-state index contributed by atoms with van der Waals surface area (Å²) in [6.07, 6.45) is 17.4. The number of rotatable bonds is 24. The molecule has 4 N–H and O–H groups in total. The molecule has 0 bridgehead atoms. The molecule has 2 heterocycles. The molecule has 366 valence electrons. The molecule has 1 saturated carbocycles. The first-order valence-corrected chi connectivity index (χ1v) is 23.6. The Kier molecular flexibility index (Phi) is 22.8. The van der Waals surface area contributed by atoms with Crippen LogP contribution in [0.2, 0.25) is 0 Å². The minimum absolute atomic E-state index is 0.0173. The third kappa shape index (κ3) is 16.0. The maximum atomic E-state index is 13.5. The maximum absolute atomic E-state index is 13.5. The second-order valence-corrected chi connectivity index (χ2v) is 19.0. The number of ketones is 3. The van der Waals surface area contributed by atoms with Crippen LogP contribution in [0.1, 0.15) is 119 Å². The molecular weight excluding hydrogens is 835 g/mol. The first-order valence-electron chi connectivity index (χ1n) is 23.6. The van der Waals surface area contributed by atoms with Crippen LogP contribution >= 0.6 is 0 Å². The molecule has 14 heteroatoms. The number of carbonyl (C=O) groups excluding carboxylic acids is 4. The van der Waals surface area contributed by atoms with Gasteiger partial charge in [0.2, 0.25) is 5.79 Å². The van der Waals surface area contributed by atoms with E-state index in [2.05, 4.69) is 6.92 Å². The topological polar surface area (TPSA) is 206 Å². The highest BCUT2D eigenvalue weighted by molar-refractivity contribution is 6.39. The number of Topliss-reactive ketones (excluding diaryl/α,β-unsaturated/α-hetero) is 2. The van der Waals surface area contributed by atoms with Gasteiger partial charge in [-0.2, -0.15) is 0 Å². The van der Waals surface area contributed by atoms with Crippen molar-refractivity contribution >= 4 is 29.2 Å². The summed E-state index contributed by atoms with van der Waals surface area (Å²) >= 11 is 0. The fraction of sp³-hybridized carbons (Fsp3) is 0.706. The number of allylic oxidation sites excluding steroid dienone is 8. The SMILES string of the molecule is CO[C@H]1C[C@@H](C[C@H](C)/C=C/C(=O)[C@@H](C)/C=C(\C)[C@H](O)[C@H](OC)C(=O)[C@@H](C)C[C@@H](C)/C=C/C=C/C=C(\C)[C@@H](C[C@H]2CC[C@H](C)[C@@](O)(C(=O)C(=O)N3CCCC[C@@H]3C(=O)O)O2)OC)CC[C@@H]1O. The summed E-state index contributed by atoms with van der Waals surface area (Å²) in [5.41, 5.74) is 1.35. The van der Waals surface area contributed by atoms with E-state index in [9.17, 15) is 44.4 Å². The molecule has 0 aromatic carbocycles. The number of ether oxygens (including phenoxy) is 4. The van der Waals surface area contributed by atoms with E-state index in [0.717, 1.165) is 29.7 Å². The second kappa shape index (κ2) is 26.6. The van der Waals surface area contributed by atoms with Crippen molar-refractivity contribution in [3.05, 3.63) is 59.8 Å². The summed E-state index contributed by atoms with van der Waals surface area (Å²) in [5.74, 6) is -7.06. The lowest BCUT2D eigenvalue weighted by Crippen LogP contribution is -2.60. The lowest BCUT2D eigenvalue weighted by atomic mass is 9.80. The summed E-state index contributed by atoms with van der Waals surface area (Å²) in [6.45, 7) is 13.0. The van der Waals surface area contributed by atoms with Gasteiger partial charge in [-0.25, -0.2) is 4.79 Å². The molecule has 0 aromatic heterocycles. The standard InChI is InChI=1S/C51H79NO13/c1-31(26-35(5)45(55)47(64-10)46(56)36(6)28-34(4)41(53)23-19-32(2)27-38-21-24-42(54)44(29-38)63-9)16-12-11-13-17-33(3)43(62-8)30-39-22-20-37(7)51(61,65-39)48(57)49(58)52-25-15-14-18-40(52)50(59)60/h11-13,16-17,19,23,28,31-32,34-35,37-40,42-44,46-47,54,56,61H,14-15,18,20-22,24-27,29-30H2,1-10H3,(H,59,60)/b13-11+,16-12+,23-19+,33-17+,36-28+/t31-,32+,34-,35-,37-,38+,39+,40+,42-,43+,44-,46-,47+,51-/m0/s1. The van der Waals surface area contributed by atoms with Crippen LogP contribution in [0.25, 0.3) is 0 Å². The van der Waals surface area contributed by atoms with E-state index in [0.29, 0.717) is 56.4 Å². The number of piperidine rings is 1. The number of hydrogen-bond donors (Lipinski definition) is 4. The van der Waals surface area contributed by atoms with Crippen molar-refractivity contribution in [2.75, 3.05) is 27.9 Å². The van der Waals surface area contributed by atoms with Gasteiger partial charge in [0.25, 0.3) is 11.7 Å².